The molecule has 0 aliphatic carbocycles. The molecule has 2 rings (SSSR count). The van der Waals surface area contributed by atoms with Gasteiger partial charge in [-0.25, -0.2) is 0 Å². The fourth-order valence-corrected chi connectivity index (χ4v) is 2.18. The molecule has 120 valence electrons. The molecule has 1 saturated heterocycles. The molecule has 0 atom stereocenters. The number of morpholine rings is 1. The molecule has 0 radical (unpaired) electrons. The average Bonchev–Trinajstić information content (AvgIpc) is 2.54. The number of thiocarbonyl (C=S) groups is 1. The van der Waals surface area contributed by atoms with E-state index in [2.05, 4.69) is 21.1 Å². The molecule has 1 aliphatic rings. The van der Waals surface area contributed by atoms with Gasteiger partial charge in [0.05, 0.1) is 23.8 Å². The van der Waals surface area contributed by atoms with Gasteiger partial charge in [0, 0.05) is 38.3 Å². The molecule has 0 spiro atoms. The Morgan fingerprint density at radius 3 is 2.91 bits per heavy atom. The summed E-state index contributed by atoms with van der Waals surface area (Å²) in [5, 5.41) is 14.2. The Morgan fingerprint density at radius 2 is 2.18 bits per heavy atom. The Hall–Kier alpha value is -1.97. The predicted octanol–water partition coefficient (Wildman–Crippen LogP) is 0.718. The van der Waals surface area contributed by atoms with Crippen molar-refractivity contribution >= 4 is 28.7 Å². The molecule has 9 heteroatoms. The van der Waals surface area contributed by atoms with E-state index >= 15 is 0 Å². The summed E-state index contributed by atoms with van der Waals surface area (Å²) in [6, 6.07) is 6.20. The van der Waals surface area contributed by atoms with E-state index in [1.165, 1.54) is 12.1 Å². The third-order valence-electron chi connectivity index (χ3n) is 3.19. The van der Waals surface area contributed by atoms with Crippen molar-refractivity contribution in [2.75, 3.05) is 44.8 Å². The highest BCUT2D eigenvalue weighted by molar-refractivity contribution is 7.80. The number of rotatable bonds is 6. The maximum Gasteiger partial charge on any atom is 0.271 e. The van der Waals surface area contributed by atoms with E-state index in [-0.39, 0.29) is 5.69 Å². The van der Waals surface area contributed by atoms with Crippen LogP contribution in [0.1, 0.15) is 0 Å². The molecule has 22 heavy (non-hydrogen) atoms. The molecule has 1 fully saturated rings. The van der Waals surface area contributed by atoms with Crippen LogP contribution in [0.5, 0.6) is 0 Å². The number of nitro benzene ring substituents is 1. The number of benzene rings is 1. The van der Waals surface area contributed by atoms with Gasteiger partial charge in [-0.2, -0.15) is 0 Å². The SMILES string of the molecule is O=[N+]([O-])c1cccc(NNC(=S)NCCN2CCOCC2)c1. The lowest BCUT2D eigenvalue weighted by Gasteiger charge is -2.26. The van der Waals surface area contributed by atoms with Crippen LogP contribution >= 0.6 is 12.2 Å². The summed E-state index contributed by atoms with van der Waals surface area (Å²) in [6.07, 6.45) is 0. The summed E-state index contributed by atoms with van der Waals surface area (Å²) in [7, 11) is 0. The fourth-order valence-electron chi connectivity index (χ4n) is 2.02. The first-order valence-corrected chi connectivity index (χ1v) is 7.40. The average molecular weight is 325 g/mol. The monoisotopic (exact) mass is 325 g/mol. The summed E-state index contributed by atoms with van der Waals surface area (Å²) in [5.41, 5.74) is 6.25. The largest absolute Gasteiger partial charge is 0.379 e. The van der Waals surface area contributed by atoms with Crippen molar-refractivity contribution in [1.29, 1.82) is 0 Å². The summed E-state index contributed by atoms with van der Waals surface area (Å²) in [6.45, 7) is 5.04. The number of hydrogen-bond acceptors (Lipinski definition) is 6. The van der Waals surface area contributed by atoms with E-state index in [1.54, 1.807) is 12.1 Å². The third-order valence-corrected chi connectivity index (χ3v) is 3.44. The minimum atomic E-state index is -0.440. The minimum Gasteiger partial charge on any atom is -0.379 e. The van der Waals surface area contributed by atoms with Crippen molar-refractivity contribution in [2.24, 2.45) is 0 Å². The lowest BCUT2D eigenvalue weighted by Crippen LogP contribution is -2.44. The first-order valence-electron chi connectivity index (χ1n) is 6.99. The Labute approximate surface area is 133 Å². The van der Waals surface area contributed by atoms with Crippen LogP contribution in [0, 0.1) is 10.1 Å². The highest BCUT2D eigenvalue weighted by Gasteiger charge is 2.09. The third kappa shape index (κ3) is 5.43. The number of non-ortho nitro benzene ring substituents is 1. The predicted molar refractivity (Wildman–Crippen MR) is 87.7 cm³/mol. The molecule has 0 amide bonds. The van der Waals surface area contributed by atoms with Gasteiger partial charge < -0.3 is 10.1 Å². The Morgan fingerprint density at radius 1 is 1.41 bits per heavy atom. The van der Waals surface area contributed by atoms with Crippen LogP contribution in [0.25, 0.3) is 0 Å². The number of hydrazine groups is 1. The van der Waals surface area contributed by atoms with Crippen LogP contribution in [0.15, 0.2) is 24.3 Å². The molecule has 0 saturated carbocycles. The topological polar surface area (TPSA) is 91.7 Å². The molecule has 0 aromatic heterocycles. The van der Waals surface area contributed by atoms with E-state index in [1.807, 2.05) is 0 Å². The number of nitrogens with one attached hydrogen (secondary N) is 3. The van der Waals surface area contributed by atoms with E-state index in [4.69, 9.17) is 17.0 Å². The van der Waals surface area contributed by atoms with Crippen molar-refractivity contribution in [1.82, 2.24) is 15.6 Å². The number of ether oxygens (including phenoxy) is 1. The van der Waals surface area contributed by atoms with Crippen molar-refractivity contribution in [3.8, 4) is 0 Å². The fraction of sp³-hybridized carbons (Fsp3) is 0.462. The molecular formula is C13H19N5O3S. The van der Waals surface area contributed by atoms with Crippen molar-refractivity contribution in [3.05, 3.63) is 34.4 Å². The van der Waals surface area contributed by atoms with Crippen LogP contribution < -0.4 is 16.2 Å². The molecule has 1 aromatic carbocycles. The van der Waals surface area contributed by atoms with Gasteiger partial charge in [0.25, 0.3) is 5.69 Å². The lowest BCUT2D eigenvalue weighted by molar-refractivity contribution is -0.384. The molecule has 0 unspecified atom stereocenters. The first kappa shape index (κ1) is 16.4. The Balaban J connectivity index is 1.66. The van der Waals surface area contributed by atoms with E-state index in [9.17, 15) is 10.1 Å². The molecule has 1 aromatic rings. The summed E-state index contributed by atoms with van der Waals surface area (Å²) >= 11 is 5.14. The number of nitrogens with zero attached hydrogens (tertiary/aromatic N) is 2. The molecular weight excluding hydrogens is 306 g/mol. The van der Waals surface area contributed by atoms with Gasteiger partial charge in [0.15, 0.2) is 5.11 Å². The zero-order chi connectivity index (χ0) is 15.8. The lowest BCUT2D eigenvalue weighted by atomic mass is 10.3. The molecule has 1 aliphatic heterocycles. The van der Waals surface area contributed by atoms with Crippen LogP contribution in [-0.2, 0) is 4.74 Å². The summed E-state index contributed by atoms with van der Waals surface area (Å²) < 4.78 is 5.28. The molecule has 0 bridgehead atoms. The summed E-state index contributed by atoms with van der Waals surface area (Å²) in [4.78, 5) is 12.5. The smallest absolute Gasteiger partial charge is 0.271 e. The Kier molecular flexibility index (Phi) is 6.31. The van der Waals surface area contributed by atoms with Crippen LogP contribution in [0.4, 0.5) is 11.4 Å². The van der Waals surface area contributed by atoms with Gasteiger partial charge in [-0.15, -0.1) is 0 Å². The van der Waals surface area contributed by atoms with Gasteiger partial charge in [-0.1, -0.05) is 6.07 Å². The standard InChI is InChI=1S/C13H19N5O3S/c19-18(20)12-3-1-2-11(10-12)15-16-13(22)14-4-5-17-6-8-21-9-7-17/h1-3,10,15H,4-9H2,(H2,14,16,22). The van der Waals surface area contributed by atoms with Gasteiger partial charge in [-0.3, -0.25) is 25.9 Å². The van der Waals surface area contributed by atoms with Gasteiger partial charge in [-0.05, 0) is 18.3 Å². The second-order valence-corrected chi connectivity index (χ2v) is 5.18. The first-order chi connectivity index (χ1) is 10.6. The zero-order valence-electron chi connectivity index (χ0n) is 12.1. The minimum absolute atomic E-state index is 0.0259. The molecule has 1 heterocycles. The van der Waals surface area contributed by atoms with Crippen LogP contribution in [0.3, 0.4) is 0 Å². The number of hydrogen-bond donors (Lipinski definition) is 3. The highest BCUT2D eigenvalue weighted by Crippen LogP contribution is 2.15. The van der Waals surface area contributed by atoms with E-state index in [0.717, 1.165) is 39.4 Å². The van der Waals surface area contributed by atoms with E-state index < -0.39 is 4.92 Å². The zero-order valence-corrected chi connectivity index (χ0v) is 12.9. The van der Waals surface area contributed by atoms with Crippen LogP contribution in [0.2, 0.25) is 0 Å². The van der Waals surface area contributed by atoms with Gasteiger partial charge in [0.1, 0.15) is 0 Å². The van der Waals surface area contributed by atoms with Crippen molar-refractivity contribution < 1.29 is 9.66 Å². The highest BCUT2D eigenvalue weighted by atomic mass is 32.1. The normalized spacial score (nSPS) is 15.1. The van der Waals surface area contributed by atoms with Crippen LogP contribution in [-0.4, -0.2) is 54.3 Å². The van der Waals surface area contributed by atoms with E-state index in [0.29, 0.717) is 10.8 Å². The number of anilines is 1. The second kappa shape index (κ2) is 8.47. The summed E-state index contributed by atoms with van der Waals surface area (Å²) in [5.74, 6) is 0. The van der Waals surface area contributed by atoms with Gasteiger partial charge >= 0.3 is 0 Å². The Bertz CT molecular complexity index is 522. The maximum atomic E-state index is 10.7. The maximum absolute atomic E-state index is 10.7. The molecule has 8 nitrogen and oxygen atoms in total. The molecule has 3 N–H and O–H groups in total. The van der Waals surface area contributed by atoms with Crippen molar-refractivity contribution in [2.45, 2.75) is 0 Å². The second-order valence-electron chi connectivity index (χ2n) is 4.77. The quantitative estimate of drug-likeness (QED) is 0.400. The van der Waals surface area contributed by atoms with Gasteiger partial charge in [0.2, 0.25) is 0 Å². The number of nitro groups is 1. The van der Waals surface area contributed by atoms with Crippen molar-refractivity contribution in [3.63, 3.8) is 0 Å².